The molecule has 0 bridgehead atoms. The first-order chi connectivity index (χ1) is 8.67. The fourth-order valence-electron chi connectivity index (χ4n) is 1.61. The van der Waals surface area contributed by atoms with Gasteiger partial charge in [-0.05, 0) is 38.9 Å². The number of aryl methyl sites for hydroxylation is 1. The zero-order valence-corrected chi connectivity index (χ0v) is 11.2. The van der Waals surface area contributed by atoms with Gasteiger partial charge in [-0.25, -0.2) is 0 Å². The van der Waals surface area contributed by atoms with Crippen LogP contribution in [0.3, 0.4) is 0 Å². The highest BCUT2D eigenvalue weighted by molar-refractivity contribution is 5.77. The van der Waals surface area contributed by atoms with E-state index in [0.717, 1.165) is 12.2 Å². The van der Waals surface area contributed by atoms with Crippen LogP contribution in [0, 0.1) is 6.92 Å². The Balaban J connectivity index is 2.41. The molecule has 1 aromatic rings. The van der Waals surface area contributed by atoms with Crippen molar-refractivity contribution in [2.24, 2.45) is 5.73 Å². The summed E-state index contributed by atoms with van der Waals surface area (Å²) in [4.78, 5) is 13.6. The largest absolute Gasteiger partial charge is 0.484 e. The van der Waals surface area contributed by atoms with Crippen molar-refractivity contribution >= 4 is 5.91 Å². The van der Waals surface area contributed by atoms with Crippen LogP contribution in [0.25, 0.3) is 0 Å². The molecule has 0 aliphatic rings. The molecule has 100 valence electrons. The Morgan fingerprint density at radius 3 is 2.56 bits per heavy atom. The van der Waals surface area contributed by atoms with Gasteiger partial charge in [0, 0.05) is 13.1 Å². The molecule has 0 radical (unpaired) electrons. The van der Waals surface area contributed by atoms with Gasteiger partial charge in [-0.15, -0.1) is 0 Å². The van der Waals surface area contributed by atoms with Crippen molar-refractivity contribution in [2.75, 3.05) is 26.2 Å². The number of nitrogens with two attached hydrogens (primary N) is 1. The molecule has 2 N–H and O–H groups in total. The Bertz CT molecular complexity index is 363. The number of carbonyl (C=O) groups excluding carboxylic acids is 1. The minimum absolute atomic E-state index is 0.00604. The Morgan fingerprint density at radius 1 is 1.33 bits per heavy atom. The number of likely N-dealkylation sites (N-methyl/N-ethyl adjacent to an activating group) is 1. The molecule has 0 heterocycles. The summed E-state index contributed by atoms with van der Waals surface area (Å²) in [5.41, 5.74) is 6.61. The van der Waals surface area contributed by atoms with Gasteiger partial charge in [0.2, 0.25) is 0 Å². The van der Waals surface area contributed by atoms with E-state index in [2.05, 4.69) is 0 Å². The highest BCUT2D eigenvalue weighted by Gasteiger charge is 2.11. The number of hydrogen-bond acceptors (Lipinski definition) is 3. The number of nitrogens with zero attached hydrogens (tertiary/aromatic N) is 1. The zero-order chi connectivity index (χ0) is 13.4. The van der Waals surface area contributed by atoms with E-state index in [1.165, 1.54) is 5.56 Å². The third kappa shape index (κ3) is 4.75. The summed E-state index contributed by atoms with van der Waals surface area (Å²) >= 11 is 0. The van der Waals surface area contributed by atoms with Crippen molar-refractivity contribution in [2.45, 2.75) is 20.3 Å². The van der Waals surface area contributed by atoms with Gasteiger partial charge in [-0.1, -0.05) is 17.7 Å². The molecule has 0 aliphatic carbocycles. The molecule has 4 heteroatoms. The van der Waals surface area contributed by atoms with E-state index in [-0.39, 0.29) is 12.5 Å². The Morgan fingerprint density at radius 2 is 2.00 bits per heavy atom. The van der Waals surface area contributed by atoms with E-state index >= 15 is 0 Å². The van der Waals surface area contributed by atoms with Crippen molar-refractivity contribution in [1.29, 1.82) is 0 Å². The lowest BCUT2D eigenvalue weighted by Gasteiger charge is -2.20. The highest BCUT2D eigenvalue weighted by atomic mass is 16.5. The van der Waals surface area contributed by atoms with Gasteiger partial charge >= 0.3 is 0 Å². The molecule has 0 unspecified atom stereocenters. The summed E-state index contributed by atoms with van der Waals surface area (Å²) in [5, 5.41) is 0. The maximum absolute atomic E-state index is 11.9. The second kappa shape index (κ2) is 7.71. The van der Waals surface area contributed by atoms with Crippen molar-refractivity contribution in [3.8, 4) is 5.75 Å². The molecule has 1 rings (SSSR count). The van der Waals surface area contributed by atoms with Gasteiger partial charge in [-0.3, -0.25) is 4.79 Å². The lowest BCUT2D eigenvalue weighted by atomic mass is 10.2. The fraction of sp³-hybridized carbons (Fsp3) is 0.500. The monoisotopic (exact) mass is 250 g/mol. The summed E-state index contributed by atoms with van der Waals surface area (Å²) in [7, 11) is 0. The van der Waals surface area contributed by atoms with Crippen molar-refractivity contribution in [3.63, 3.8) is 0 Å². The maximum atomic E-state index is 11.9. The van der Waals surface area contributed by atoms with Gasteiger partial charge in [0.25, 0.3) is 5.91 Å². The Kier molecular flexibility index (Phi) is 6.22. The number of hydrogen-bond donors (Lipinski definition) is 1. The van der Waals surface area contributed by atoms with Crippen LogP contribution >= 0.6 is 0 Å². The normalized spacial score (nSPS) is 10.2. The predicted octanol–water partition coefficient (Wildman–Crippen LogP) is 1.57. The van der Waals surface area contributed by atoms with Gasteiger partial charge in [0.05, 0.1) is 0 Å². The van der Waals surface area contributed by atoms with Gasteiger partial charge in [0.15, 0.2) is 6.61 Å². The second-order valence-electron chi connectivity index (χ2n) is 4.22. The molecule has 18 heavy (non-hydrogen) atoms. The van der Waals surface area contributed by atoms with Crippen LogP contribution in [0.5, 0.6) is 5.75 Å². The number of carbonyl (C=O) groups is 1. The molecule has 4 nitrogen and oxygen atoms in total. The minimum atomic E-state index is 0.00604. The first-order valence-corrected chi connectivity index (χ1v) is 6.34. The standard InChI is InChI=1S/C14H22N2O2/c1-3-16(10-4-9-15)14(17)11-18-13-7-5-12(2)6-8-13/h5-8H,3-4,9-11,15H2,1-2H3. The minimum Gasteiger partial charge on any atom is -0.484 e. The number of benzene rings is 1. The molecule has 0 aliphatic heterocycles. The maximum Gasteiger partial charge on any atom is 0.260 e. The van der Waals surface area contributed by atoms with E-state index in [4.69, 9.17) is 10.5 Å². The number of rotatable bonds is 7. The quantitative estimate of drug-likeness (QED) is 0.799. The van der Waals surface area contributed by atoms with Crippen LogP contribution in [0.1, 0.15) is 18.9 Å². The van der Waals surface area contributed by atoms with Crippen LogP contribution in [-0.2, 0) is 4.79 Å². The van der Waals surface area contributed by atoms with E-state index in [1.54, 1.807) is 4.90 Å². The summed E-state index contributed by atoms with van der Waals surface area (Å²) < 4.78 is 5.46. The molecule has 0 saturated carbocycles. The van der Waals surface area contributed by atoms with Crippen molar-refractivity contribution in [1.82, 2.24) is 4.90 Å². The predicted molar refractivity (Wildman–Crippen MR) is 72.6 cm³/mol. The molecular formula is C14H22N2O2. The third-order valence-electron chi connectivity index (χ3n) is 2.75. The summed E-state index contributed by atoms with van der Waals surface area (Å²) in [5.74, 6) is 0.732. The topological polar surface area (TPSA) is 55.6 Å². The summed E-state index contributed by atoms with van der Waals surface area (Å²) in [6.45, 7) is 6.05. The average molecular weight is 250 g/mol. The Labute approximate surface area is 109 Å². The van der Waals surface area contributed by atoms with Crippen LogP contribution in [-0.4, -0.2) is 37.0 Å². The molecule has 0 spiro atoms. The average Bonchev–Trinajstić information content (AvgIpc) is 2.39. The SMILES string of the molecule is CCN(CCCN)C(=O)COc1ccc(C)cc1. The summed E-state index contributed by atoms with van der Waals surface area (Å²) in [6, 6.07) is 7.68. The lowest BCUT2D eigenvalue weighted by Crippen LogP contribution is -2.36. The molecule has 0 atom stereocenters. The Hall–Kier alpha value is -1.55. The van der Waals surface area contributed by atoms with Crippen LogP contribution in [0.15, 0.2) is 24.3 Å². The van der Waals surface area contributed by atoms with Gasteiger partial charge in [0.1, 0.15) is 5.75 Å². The molecular weight excluding hydrogens is 228 g/mol. The van der Waals surface area contributed by atoms with E-state index in [1.807, 2.05) is 38.1 Å². The second-order valence-corrected chi connectivity index (χ2v) is 4.22. The summed E-state index contributed by atoms with van der Waals surface area (Å²) in [6.07, 6.45) is 0.824. The highest BCUT2D eigenvalue weighted by Crippen LogP contribution is 2.11. The smallest absolute Gasteiger partial charge is 0.260 e. The van der Waals surface area contributed by atoms with E-state index < -0.39 is 0 Å². The number of amides is 1. The molecule has 1 amide bonds. The first-order valence-electron chi connectivity index (χ1n) is 6.34. The van der Waals surface area contributed by atoms with Crippen molar-refractivity contribution < 1.29 is 9.53 Å². The molecule has 0 saturated heterocycles. The lowest BCUT2D eigenvalue weighted by molar-refractivity contribution is -0.133. The van der Waals surface area contributed by atoms with E-state index in [0.29, 0.717) is 19.6 Å². The van der Waals surface area contributed by atoms with Crippen molar-refractivity contribution in [3.05, 3.63) is 29.8 Å². The van der Waals surface area contributed by atoms with Crippen LogP contribution < -0.4 is 10.5 Å². The zero-order valence-electron chi connectivity index (χ0n) is 11.2. The molecule has 0 aromatic heterocycles. The fourth-order valence-corrected chi connectivity index (χ4v) is 1.61. The third-order valence-corrected chi connectivity index (χ3v) is 2.75. The first kappa shape index (κ1) is 14.5. The van der Waals surface area contributed by atoms with Crippen LogP contribution in [0.4, 0.5) is 0 Å². The van der Waals surface area contributed by atoms with Gasteiger partial charge < -0.3 is 15.4 Å². The molecule has 0 fully saturated rings. The number of ether oxygens (including phenoxy) is 1. The molecule has 1 aromatic carbocycles. The van der Waals surface area contributed by atoms with Crippen LogP contribution in [0.2, 0.25) is 0 Å². The van der Waals surface area contributed by atoms with Gasteiger partial charge in [-0.2, -0.15) is 0 Å². The van der Waals surface area contributed by atoms with E-state index in [9.17, 15) is 4.79 Å².